The number of halogens is 1. The Balaban J connectivity index is 1.79. The quantitative estimate of drug-likeness (QED) is 0.742. The minimum absolute atomic E-state index is 0.164. The van der Waals surface area contributed by atoms with E-state index in [4.69, 9.17) is 9.47 Å². The van der Waals surface area contributed by atoms with Gasteiger partial charge in [0.25, 0.3) is 0 Å². The van der Waals surface area contributed by atoms with Gasteiger partial charge in [-0.05, 0) is 43.7 Å². The van der Waals surface area contributed by atoms with E-state index in [1.807, 2.05) is 0 Å². The second-order valence-corrected chi connectivity index (χ2v) is 8.76. The Hall–Kier alpha value is -2.81. The number of hydrogen-bond acceptors (Lipinski definition) is 5. The maximum absolute atomic E-state index is 13.1. The summed E-state index contributed by atoms with van der Waals surface area (Å²) in [6, 6.07) is 10.1. The number of carbonyl (C=O) groups excluding carboxylic acids is 1. The third kappa shape index (κ3) is 4.97. The zero-order chi connectivity index (χ0) is 21.0. The van der Waals surface area contributed by atoms with E-state index in [-0.39, 0.29) is 18.1 Å². The molecule has 1 aliphatic heterocycles. The molecular formula is C20H23FN2O5S. The van der Waals surface area contributed by atoms with Gasteiger partial charge in [0.05, 0.1) is 17.5 Å². The smallest absolute Gasteiger partial charge is 0.241 e. The lowest BCUT2D eigenvalue weighted by molar-refractivity contribution is -0.120. The SMILES string of the molecule is CCS(=O)(=O)N(CC(=O)N[C@@H](C)c1ccc(F)cc1)c1ccc2c(c1)OCCO2. The molecule has 0 bridgehead atoms. The largest absolute Gasteiger partial charge is 0.486 e. The minimum atomic E-state index is -3.71. The maximum atomic E-state index is 13.1. The van der Waals surface area contributed by atoms with Gasteiger partial charge in [-0.25, -0.2) is 12.8 Å². The van der Waals surface area contributed by atoms with Crippen molar-refractivity contribution in [3.05, 3.63) is 53.8 Å². The molecule has 156 valence electrons. The summed E-state index contributed by atoms with van der Waals surface area (Å²) in [7, 11) is -3.71. The summed E-state index contributed by atoms with van der Waals surface area (Å²) >= 11 is 0. The Labute approximate surface area is 169 Å². The lowest BCUT2D eigenvalue weighted by atomic mass is 10.1. The van der Waals surface area contributed by atoms with Crippen LogP contribution in [0, 0.1) is 5.82 Å². The highest BCUT2D eigenvalue weighted by Gasteiger charge is 2.26. The monoisotopic (exact) mass is 422 g/mol. The molecule has 9 heteroatoms. The Morgan fingerprint density at radius 1 is 1.14 bits per heavy atom. The van der Waals surface area contributed by atoms with Gasteiger partial charge in [0.2, 0.25) is 15.9 Å². The molecular weight excluding hydrogens is 399 g/mol. The van der Waals surface area contributed by atoms with E-state index >= 15 is 0 Å². The third-order valence-corrected chi connectivity index (χ3v) is 6.29. The molecule has 7 nitrogen and oxygen atoms in total. The first-order valence-corrected chi connectivity index (χ1v) is 10.9. The number of fused-ring (bicyclic) bond motifs is 1. The number of amides is 1. The predicted octanol–water partition coefficient (Wildman–Crippen LogP) is 2.63. The van der Waals surface area contributed by atoms with Crippen molar-refractivity contribution < 1.29 is 27.1 Å². The Morgan fingerprint density at radius 2 is 1.79 bits per heavy atom. The van der Waals surface area contributed by atoms with E-state index in [9.17, 15) is 17.6 Å². The van der Waals surface area contributed by atoms with Crippen LogP contribution in [-0.4, -0.2) is 39.8 Å². The van der Waals surface area contributed by atoms with Crippen molar-refractivity contribution in [3.8, 4) is 11.5 Å². The van der Waals surface area contributed by atoms with Crippen molar-refractivity contribution in [2.45, 2.75) is 19.9 Å². The zero-order valence-corrected chi connectivity index (χ0v) is 17.0. The van der Waals surface area contributed by atoms with Crippen LogP contribution < -0.4 is 19.1 Å². The average molecular weight is 422 g/mol. The predicted molar refractivity (Wildman–Crippen MR) is 107 cm³/mol. The summed E-state index contributed by atoms with van der Waals surface area (Å²) in [6.07, 6.45) is 0. The summed E-state index contributed by atoms with van der Waals surface area (Å²) in [6.45, 7) is 3.66. The number of hydrogen-bond donors (Lipinski definition) is 1. The first-order valence-electron chi connectivity index (χ1n) is 9.25. The molecule has 1 amide bonds. The van der Waals surface area contributed by atoms with E-state index < -0.39 is 22.0 Å². The number of sulfonamides is 1. The highest BCUT2D eigenvalue weighted by Crippen LogP contribution is 2.34. The number of rotatable bonds is 7. The molecule has 0 aliphatic carbocycles. The Kier molecular flexibility index (Phi) is 6.26. The highest BCUT2D eigenvalue weighted by atomic mass is 32.2. The summed E-state index contributed by atoms with van der Waals surface area (Å²) in [4.78, 5) is 12.6. The molecule has 1 atom stereocenters. The van der Waals surface area contributed by atoms with Crippen molar-refractivity contribution >= 4 is 21.6 Å². The summed E-state index contributed by atoms with van der Waals surface area (Å²) in [5, 5.41) is 2.75. The van der Waals surface area contributed by atoms with Crippen molar-refractivity contribution in [1.29, 1.82) is 0 Å². The van der Waals surface area contributed by atoms with Gasteiger partial charge < -0.3 is 14.8 Å². The third-order valence-electron chi connectivity index (χ3n) is 4.55. The molecule has 1 aliphatic rings. The van der Waals surface area contributed by atoms with Gasteiger partial charge in [0.1, 0.15) is 25.6 Å². The summed E-state index contributed by atoms with van der Waals surface area (Å²) in [5.41, 5.74) is 1.03. The van der Waals surface area contributed by atoms with E-state index in [0.29, 0.717) is 36.0 Å². The number of ether oxygens (including phenoxy) is 2. The first-order chi connectivity index (χ1) is 13.8. The van der Waals surface area contributed by atoms with Crippen molar-refractivity contribution in [3.63, 3.8) is 0 Å². The van der Waals surface area contributed by atoms with E-state index in [0.717, 1.165) is 4.31 Å². The van der Waals surface area contributed by atoms with Gasteiger partial charge in [0.15, 0.2) is 11.5 Å². The molecule has 0 fully saturated rings. The van der Waals surface area contributed by atoms with Gasteiger partial charge in [0, 0.05) is 6.07 Å². The maximum Gasteiger partial charge on any atom is 0.241 e. The van der Waals surface area contributed by atoms with Crippen LogP contribution in [0.1, 0.15) is 25.5 Å². The van der Waals surface area contributed by atoms with Gasteiger partial charge in [-0.3, -0.25) is 9.10 Å². The van der Waals surface area contributed by atoms with Crippen LogP contribution in [0.25, 0.3) is 0 Å². The summed E-state index contributed by atoms with van der Waals surface area (Å²) in [5.74, 6) is -0.0457. The lowest BCUT2D eigenvalue weighted by Gasteiger charge is -2.26. The molecule has 1 heterocycles. The van der Waals surface area contributed by atoms with Crippen LogP contribution >= 0.6 is 0 Å². The molecule has 1 N–H and O–H groups in total. The molecule has 2 aromatic rings. The van der Waals surface area contributed by atoms with Gasteiger partial charge >= 0.3 is 0 Å². The molecule has 0 spiro atoms. The minimum Gasteiger partial charge on any atom is -0.486 e. The average Bonchev–Trinajstić information content (AvgIpc) is 2.72. The highest BCUT2D eigenvalue weighted by molar-refractivity contribution is 7.92. The Bertz CT molecular complexity index is 979. The van der Waals surface area contributed by atoms with Crippen LogP contribution in [0.2, 0.25) is 0 Å². The number of nitrogens with zero attached hydrogens (tertiary/aromatic N) is 1. The van der Waals surface area contributed by atoms with Crippen LogP contribution in [0.15, 0.2) is 42.5 Å². The molecule has 3 rings (SSSR count). The molecule has 2 aromatic carbocycles. The van der Waals surface area contributed by atoms with Gasteiger partial charge in [-0.2, -0.15) is 0 Å². The topological polar surface area (TPSA) is 84.9 Å². The van der Waals surface area contributed by atoms with Crippen LogP contribution in [0.4, 0.5) is 10.1 Å². The number of anilines is 1. The fraction of sp³-hybridized carbons (Fsp3) is 0.350. The number of carbonyl (C=O) groups is 1. The standard InChI is InChI=1S/C20H23FN2O5S/c1-3-29(25,26)23(17-8-9-18-19(12-17)28-11-10-27-18)13-20(24)22-14(2)15-4-6-16(21)7-5-15/h4-9,12,14H,3,10-11,13H2,1-2H3,(H,22,24)/t14-/m0/s1. The molecule has 0 aromatic heterocycles. The van der Waals surface area contributed by atoms with Crippen LogP contribution in [-0.2, 0) is 14.8 Å². The fourth-order valence-corrected chi connectivity index (χ4v) is 4.01. The van der Waals surface area contributed by atoms with Crippen molar-refractivity contribution in [2.24, 2.45) is 0 Å². The number of benzene rings is 2. The van der Waals surface area contributed by atoms with Gasteiger partial charge in [-0.15, -0.1) is 0 Å². The molecule has 0 saturated carbocycles. The molecule has 0 saturated heterocycles. The van der Waals surface area contributed by atoms with Gasteiger partial charge in [-0.1, -0.05) is 12.1 Å². The van der Waals surface area contributed by atoms with E-state index in [2.05, 4.69) is 5.32 Å². The van der Waals surface area contributed by atoms with E-state index in [1.165, 1.54) is 19.1 Å². The zero-order valence-electron chi connectivity index (χ0n) is 16.2. The normalized spacial score (nSPS) is 14.2. The van der Waals surface area contributed by atoms with Crippen molar-refractivity contribution in [2.75, 3.05) is 29.8 Å². The van der Waals surface area contributed by atoms with E-state index in [1.54, 1.807) is 37.3 Å². The molecule has 0 unspecified atom stereocenters. The Morgan fingerprint density at radius 3 is 2.45 bits per heavy atom. The lowest BCUT2D eigenvalue weighted by Crippen LogP contribution is -2.42. The van der Waals surface area contributed by atoms with Crippen molar-refractivity contribution in [1.82, 2.24) is 5.32 Å². The van der Waals surface area contributed by atoms with Crippen LogP contribution in [0.3, 0.4) is 0 Å². The second kappa shape index (κ2) is 8.69. The van der Waals surface area contributed by atoms with Crippen LogP contribution in [0.5, 0.6) is 11.5 Å². The fourth-order valence-electron chi connectivity index (χ4n) is 2.95. The second-order valence-electron chi connectivity index (χ2n) is 6.58. The summed E-state index contributed by atoms with van der Waals surface area (Å²) < 4.78 is 50.4. The molecule has 29 heavy (non-hydrogen) atoms. The molecule has 0 radical (unpaired) electrons. The number of nitrogens with one attached hydrogen (secondary N) is 1. The first kappa shape index (κ1) is 20.9.